The highest BCUT2D eigenvalue weighted by molar-refractivity contribution is 5.89. The Bertz CT molecular complexity index is 591. The van der Waals surface area contributed by atoms with Gasteiger partial charge in [-0.15, -0.1) is 0 Å². The van der Waals surface area contributed by atoms with Crippen LogP contribution in [-0.4, -0.2) is 17.3 Å². The molecular formula is C16H20N2O3. The van der Waals surface area contributed by atoms with Gasteiger partial charge in [0.15, 0.2) is 6.79 Å². The van der Waals surface area contributed by atoms with E-state index in [9.17, 15) is 4.79 Å². The largest absolute Gasteiger partial charge is 0.434 e. The Labute approximate surface area is 124 Å². The lowest BCUT2D eigenvalue weighted by Crippen LogP contribution is -2.14. The molecule has 5 nitrogen and oxygen atoms in total. The van der Waals surface area contributed by atoms with Crippen molar-refractivity contribution in [2.24, 2.45) is 0 Å². The number of ether oxygens (including phenoxy) is 2. The van der Waals surface area contributed by atoms with E-state index in [-0.39, 0.29) is 12.8 Å². The van der Waals surface area contributed by atoms with Crippen molar-refractivity contribution in [3.05, 3.63) is 53.9 Å². The Kier molecular flexibility index (Phi) is 5.00. The summed E-state index contributed by atoms with van der Waals surface area (Å²) in [5, 5.41) is 0. The van der Waals surface area contributed by atoms with Crippen LogP contribution in [0.15, 0.2) is 42.6 Å². The molecule has 5 heteroatoms. The standard InChI is InChI=1S/C16H20N2O3/c1-12(2)18-9-14(17)8-15(18)16(19)21-11-20-10-13-6-4-3-5-7-13/h3-9,12H,10-11,17H2,1-2H3. The van der Waals surface area contributed by atoms with Gasteiger partial charge in [-0.05, 0) is 25.5 Å². The van der Waals surface area contributed by atoms with Crippen molar-refractivity contribution in [3.8, 4) is 0 Å². The van der Waals surface area contributed by atoms with Gasteiger partial charge in [0.2, 0.25) is 0 Å². The molecule has 1 heterocycles. The molecule has 0 fully saturated rings. The van der Waals surface area contributed by atoms with Gasteiger partial charge >= 0.3 is 5.97 Å². The maximum Gasteiger partial charge on any atom is 0.357 e. The molecule has 0 saturated carbocycles. The van der Waals surface area contributed by atoms with Crippen LogP contribution in [0.1, 0.15) is 35.9 Å². The van der Waals surface area contributed by atoms with Crippen molar-refractivity contribution < 1.29 is 14.3 Å². The van der Waals surface area contributed by atoms with Crippen LogP contribution in [0.5, 0.6) is 0 Å². The van der Waals surface area contributed by atoms with E-state index in [2.05, 4.69) is 0 Å². The number of carbonyl (C=O) groups is 1. The number of nitrogens with two attached hydrogens (primary N) is 1. The van der Waals surface area contributed by atoms with Crippen LogP contribution in [0, 0.1) is 0 Å². The predicted molar refractivity (Wildman–Crippen MR) is 80.7 cm³/mol. The summed E-state index contributed by atoms with van der Waals surface area (Å²) >= 11 is 0. The van der Waals surface area contributed by atoms with Crippen molar-refractivity contribution in [1.29, 1.82) is 0 Å². The lowest BCUT2D eigenvalue weighted by Gasteiger charge is -2.12. The first-order valence-corrected chi connectivity index (χ1v) is 6.84. The summed E-state index contributed by atoms with van der Waals surface area (Å²) in [7, 11) is 0. The number of nitrogens with zero attached hydrogens (tertiary/aromatic N) is 1. The summed E-state index contributed by atoms with van der Waals surface area (Å²) in [6.07, 6.45) is 1.73. The van der Waals surface area contributed by atoms with Crippen LogP contribution in [0.4, 0.5) is 5.69 Å². The molecule has 2 aromatic rings. The average Bonchev–Trinajstić information content (AvgIpc) is 2.87. The fraction of sp³-hybridized carbons (Fsp3) is 0.312. The molecule has 21 heavy (non-hydrogen) atoms. The van der Waals surface area contributed by atoms with Crippen LogP contribution < -0.4 is 5.73 Å². The maximum absolute atomic E-state index is 12.0. The van der Waals surface area contributed by atoms with E-state index >= 15 is 0 Å². The molecule has 0 bridgehead atoms. The zero-order chi connectivity index (χ0) is 15.2. The lowest BCUT2D eigenvalue weighted by atomic mass is 10.2. The summed E-state index contributed by atoms with van der Waals surface area (Å²) < 4.78 is 12.2. The molecule has 2 rings (SSSR count). The molecule has 1 aromatic carbocycles. The molecule has 2 N–H and O–H groups in total. The van der Waals surface area contributed by atoms with Crippen molar-refractivity contribution in [3.63, 3.8) is 0 Å². The minimum absolute atomic E-state index is 0.0864. The number of benzene rings is 1. The zero-order valence-corrected chi connectivity index (χ0v) is 12.3. The second-order valence-electron chi connectivity index (χ2n) is 5.04. The Hall–Kier alpha value is -2.27. The van der Waals surface area contributed by atoms with Crippen LogP contribution >= 0.6 is 0 Å². The van der Waals surface area contributed by atoms with Gasteiger partial charge in [-0.2, -0.15) is 0 Å². The van der Waals surface area contributed by atoms with Crippen molar-refractivity contribution in [2.75, 3.05) is 12.5 Å². The number of esters is 1. The zero-order valence-electron chi connectivity index (χ0n) is 12.3. The molecule has 0 aliphatic rings. The number of nitrogen functional groups attached to an aromatic ring is 1. The third-order valence-electron chi connectivity index (χ3n) is 3.02. The van der Waals surface area contributed by atoms with E-state index in [0.29, 0.717) is 18.0 Å². The number of carbonyl (C=O) groups excluding carboxylic acids is 1. The average molecular weight is 288 g/mol. The molecule has 112 valence electrons. The molecule has 0 aliphatic heterocycles. The maximum atomic E-state index is 12.0. The van der Waals surface area contributed by atoms with E-state index in [1.165, 1.54) is 0 Å². The highest BCUT2D eigenvalue weighted by Crippen LogP contribution is 2.17. The Morgan fingerprint density at radius 1 is 1.29 bits per heavy atom. The molecule has 0 unspecified atom stereocenters. The fourth-order valence-electron chi connectivity index (χ4n) is 1.99. The van der Waals surface area contributed by atoms with Gasteiger partial charge in [-0.1, -0.05) is 30.3 Å². The first-order valence-electron chi connectivity index (χ1n) is 6.84. The highest BCUT2D eigenvalue weighted by atomic mass is 16.7. The van der Waals surface area contributed by atoms with E-state index in [0.717, 1.165) is 5.56 Å². The molecule has 1 aromatic heterocycles. The van der Waals surface area contributed by atoms with Crippen LogP contribution in [0.2, 0.25) is 0 Å². The van der Waals surface area contributed by atoms with Crippen molar-refractivity contribution >= 4 is 11.7 Å². The number of hydrogen-bond donors (Lipinski definition) is 1. The quantitative estimate of drug-likeness (QED) is 0.504. The normalized spacial score (nSPS) is 10.8. The van der Waals surface area contributed by atoms with Gasteiger partial charge in [0, 0.05) is 12.2 Å². The van der Waals surface area contributed by atoms with Crippen LogP contribution in [-0.2, 0) is 16.1 Å². The van der Waals surface area contributed by atoms with Gasteiger partial charge < -0.3 is 19.8 Å². The summed E-state index contributed by atoms with van der Waals surface area (Å²) in [4.78, 5) is 12.0. The van der Waals surface area contributed by atoms with Gasteiger partial charge in [0.25, 0.3) is 0 Å². The topological polar surface area (TPSA) is 66.5 Å². The number of aromatic nitrogens is 1. The Balaban J connectivity index is 1.85. The summed E-state index contributed by atoms with van der Waals surface area (Å²) in [5.41, 5.74) is 7.74. The monoisotopic (exact) mass is 288 g/mol. The van der Waals surface area contributed by atoms with E-state index in [1.807, 2.05) is 44.2 Å². The summed E-state index contributed by atoms with van der Waals surface area (Å²) in [6, 6.07) is 11.5. The third-order valence-corrected chi connectivity index (χ3v) is 3.02. The fourth-order valence-corrected chi connectivity index (χ4v) is 1.99. The van der Waals surface area contributed by atoms with E-state index in [4.69, 9.17) is 15.2 Å². The van der Waals surface area contributed by atoms with Crippen LogP contribution in [0.25, 0.3) is 0 Å². The lowest BCUT2D eigenvalue weighted by molar-refractivity contribution is -0.0388. The summed E-state index contributed by atoms with van der Waals surface area (Å²) in [6.45, 7) is 4.27. The molecule has 0 saturated heterocycles. The second-order valence-corrected chi connectivity index (χ2v) is 5.04. The molecule has 0 spiro atoms. The number of anilines is 1. The minimum atomic E-state index is -0.437. The van der Waals surface area contributed by atoms with E-state index < -0.39 is 5.97 Å². The summed E-state index contributed by atoms with van der Waals surface area (Å²) in [5.74, 6) is -0.437. The SMILES string of the molecule is CC(C)n1cc(N)cc1C(=O)OCOCc1ccccc1. The number of hydrogen-bond acceptors (Lipinski definition) is 4. The van der Waals surface area contributed by atoms with Crippen molar-refractivity contribution in [2.45, 2.75) is 26.5 Å². The molecule has 0 radical (unpaired) electrons. The van der Waals surface area contributed by atoms with Crippen molar-refractivity contribution in [1.82, 2.24) is 4.57 Å². The van der Waals surface area contributed by atoms with E-state index in [1.54, 1.807) is 16.8 Å². The first-order chi connectivity index (χ1) is 10.1. The molecule has 0 atom stereocenters. The molecule has 0 aliphatic carbocycles. The molecular weight excluding hydrogens is 268 g/mol. The highest BCUT2D eigenvalue weighted by Gasteiger charge is 2.16. The van der Waals surface area contributed by atoms with Gasteiger partial charge in [0.1, 0.15) is 5.69 Å². The van der Waals surface area contributed by atoms with Crippen LogP contribution in [0.3, 0.4) is 0 Å². The number of rotatable bonds is 6. The first kappa shape index (κ1) is 15.1. The molecule has 0 amide bonds. The van der Waals surface area contributed by atoms with Gasteiger partial charge in [0.05, 0.1) is 12.3 Å². The third kappa shape index (κ3) is 4.10. The minimum Gasteiger partial charge on any atom is -0.434 e. The van der Waals surface area contributed by atoms with Gasteiger partial charge in [-0.25, -0.2) is 4.79 Å². The van der Waals surface area contributed by atoms with Gasteiger partial charge in [-0.3, -0.25) is 0 Å². The predicted octanol–water partition coefficient (Wildman–Crippen LogP) is 2.98. The Morgan fingerprint density at radius 3 is 2.67 bits per heavy atom. The second kappa shape index (κ2) is 6.95. The Morgan fingerprint density at radius 2 is 2.00 bits per heavy atom. The smallest absolute Gasteiger partial charge is 0.357 e.